The van der Waals surface area contributed by atoms with Gasteiger partial charge in [-0.05, 0) is 61.2 Å². The first-order chi connectivity index (χ1) is 18.0. The van der Waals surface area contributed by atoms with E-state index >= 15 is 0 Å². The Balaban J connectivity index is 1.45. The highest BCUT2D eigenvalue weighted by molar-refractivity contribution is 5.99. The van der Waals surface area contributed by atoms with Crippen molar-refractivity contribution in [3.8, 4) is 17.6 Å². The van der Waals surface area contributed by atoms with Crippen molar-refractivity contribution in [3.63, 3.8) is 0 Å². The summed E-state index contributed by atoms with van der Waals surface area (Å²) in [7, 11) is 0. The summed E-state index contributed by atoms with van der Waals surface area (Å²) in [6.07, 6.45) is 4.04. The molecule has 0 saturated carbocycles. The van der Waals surface area contributed by atoms with Crippen LogP contribution < -0.4 is 20.4 Å². The Kier molecular flexibility index (Phi) is 8.33. The lowest BCUT2D eigenvalue weighted by Crippen LogP contribution is -2.34. The zero-order chi connectivity index (χ0) is 26.2. The molecule has 0 bridgehead atoms. The zero-order valence-electron chi connectivity index (χ0n) is 20.3. The van der Waals surface area contributed by atoms with Gasteiger partial charge in [0.1, 0.15) is 34.3 Å². The summed E-state index contributed by atoms with van der Waals surface area (Å²) >= 11 is 0. The second-order valence-corrected chi connectivity index (χ2v) is 8.47. The number of carbonyl (C=O) groups is 2. The Morgan fingerprint density at radius 3 is 2.65 bits per heavy atom. The van der Waals surface area contributed by atoms with Crippen LogP contribution in [0, 0.1) is 11.3 Å². The number of fused-ring (bicyclic) bond motifs is 1. The summed E-state index contributed by atoms with van der Waals surface area (Å²) in [6.45, 7) is 3.59. The minimum absolute atomic E-state index is 0.0554. The summed E-state index contributed by atoms with van der Waals surface area (Å²) in [6, 6.07) is 14.6. The largest absolute Gasteiger partial charge is 0.494 e. The average molecular weight is 503 g/mol. The molecule has 9 heteroatoms. The van der Waals surface area contributed by atoms with Crippen molar-refractivity contribution in [2.75, 3.05) is 19.8 Å². The van der Waals surface area contributed by atoms with Crippen LogP contribution in [0.3, 0.4) is 0 Å². The van der Waals surface area contributed by atoms with Crippen LogP contribution in [0.25, 0.3) is 17.0 Å². The average Bonchev–Trinajstić information content (AvgIpc) is 3.43. The first-order valence-corrected chi connectivity index (χ1v) is 12.0. The predicted octanol–water partition coefficient (Wildman–Crippen LogP) is 4.00. The smallest absolute Gasteiger partial charge is 0.354 e. The summed E-state index contributed by atoms with van der Waals surface area (Å²) in [5, 5.41) is 12.6. The maximum atomic E-state index is 12.6. The normalized spacial score (nSPS) is 15.2. The number of nitrogens with zero attached hydrogens (tertiary/aromatic N) is 1. The van der Waals surface area contributed by atoms with Gasteiger partial charge in [0.25, 0.3) is 5.91 Å². The van der Waals surface area contributed by atoms with Gasteiger partial charge in [-0.15, -0.1) is 0 Å². The van der Waals surface area contributed by atoms with Crippen LogP contribution in [-0.4, -0.2) is 37.7 Å². The van der Waals surface area contributed by atoms with E-state index in [1.807, 2.05) is 13.0 Å². The van der Waals surface area contributed by atoms with E-state index in [0.717, 1.165) is 19.3 Å². The molecule has 1 saturated heterocycles. The second kappa shape index (κ2) is 12.0. The van der Waals surface area contributed by atoms with Crippen molar-refractivity contribution in [3.05, 3.63) is 75.7 Å². The van der Waals surface area contributed by atoms with Gasteiger partial charge in [0.05, 0.1) is 12.7 Å². The van der Waals surface area contributed by atoms with E-state index in [1.165, 1.54) is 24.3 Å². The van der Waals surface area contributed by atoms with Gasteiger partial charge in [-0.3, -0.25) is 4.79 Å². The van der Waals surface area contributed by atoms with Crippen molar-refractivity contribution in [1.29, 1.82) is 5.26 Å². The van der Waals surface area contributed by atoms with Gasteiger partial charge in [-0.2, -0.15) is 5.26 Å². The number of esters is 1. The molecule has 1 aliphatic heterocycles. The molecule has 1 aromatic heterocycles. The molecule has 0 spiro atoms. The molecule has 3 aromatic rings. The minimum atomic E-state index is -0.861. The number of nitrogens with one attached hydrogen (secondary N) is 1. The molecule has 1 atom stereocenters. The Labute approximate surface area is 213 Å². The molecule has 2 heterocycles. The van der Waals surface area contributed by atoms with E-state index in [4.69, 9.17) is 18.6 Å². The highest BCUT2D eigenvalue weighted by Crippen LogP contribution is 2.22. The lowest BCUT2D eigenvalue weighted by atomic mass is 10.1. The molecule has 1 amide bonds. The van der Waals surface area contributed by atoms with Crippen molar-refractivity contribution in [2.45, 2.75) is 32.3 Å². The number of amides is 1. The van der Waals surface area contributed by atoms with E-state index < -0.39 is 17.5 Å². The van der Waals surface area contributed by atoms with E-state index in [2.05, 4.69) is 5.32 Å². The molecule has 1 N–H and O–H groups in total. The number of carbonyl (C=O) groups excluding carboxylic acids is 2. The van der Waals surface area contributed by atoms with Gasteiger partial charge in [0, 0.05) is 24.6 Å². The van der Waals surface area contributed by atoms with E-state index in [1.54, 1.807) is 30.3 Å². The van der Waals surface area contributed by atoms with E-state index in [9.17, 15) is 19.6 Å². The first kappa shape index (κ1) is 25.7. The fourth-order valence-electron chi connectivity index (χ4n) is 3.77. The topological polar surface area (TPSA) is 128 Å². The van der Waals surface area contributed by atoms with Crippen LogP contribution in [0.15, 0.2) is 63.3 Å². The fraction of sp³-hybridized carbons (Fsp3) is 0.286. The SMILES string of the molecule is CCCOc1ccc(/C=C(\C#N)C(=O)Oc2ccc3cc(C(=O)NCC4CCCO4)c(=O)oc3c2)cc1. The molecule has 4 rings (SSSR count). The Bertz CT molecular complexity index is 1410. The molecular weight excluding hydrogens is 476 g/mol. The highest BCUT2D eigenvalue weighted by Gasteiger charge is 2.19. The van der Waals surface area contributed by atoms with Crippen LogP contribution in [0.5, 0.6) is 11.5 Å². The molecule has 9 nitrogen and oxygen atoms in total. The lowest BCUT2D eigenvalue weighted by Gasteiger charge is -2.10. The van der Waals surface area contributed by atoms with Crippen LogP contribution in [0.4, 0.5) is 0 Å². The highest BCUT2D eigenvalue weighted by atomic mass is 16.5. The number of benzene rings is 2. The lowest BCUT2D eigenvalue weighted by molar-refractivity contribution is -0.129. The van der Waals surface area contributed by atoms with E-state index in [-0.39, 0.29) is 28.6 Å². The van der Waals surface area contributed by atoms with Crippen molar-refractivity contribution in [2.24, 2.45) is 0 Å². The van der Waals surface area contributed by atoms with Crippen LogP contribution in [0.2, 0.25) is 0 Å². The van der Waals surface area contributed by atoms with Crippen LogP contribution in [-0.2, 0) is 9.53 Å². The summed E-state index contributed by atoms with van der Waals surface area (Å²) in [5.74, 6) is -0.627. The first-order valence-electron chi connectivity index (χ1n) is 12.0. The maximum absolute atomic E-state index is 12.6. The molecule has 0 radical (unpaired) electrons. The van der Waals surface area contributed by atoms with Crippen molar-refractivity contribution >= 4 is 28.9 Å². The number of hydrogen-bond donors (Lipinski definition) is 1. The standard InChI is InChI=1S/C28H26N2O7/c1-2-11-34-21-8-5-18(6-9-21)13-20(16-29)27(32)36-22-10-7-19-14-24(28(33)37-25(19)15-22)26(31)30-17-23-4-3-12-35-23/h5-10,13-15,23H,2-4,11-12,17H2,1H3,(H,30,31)/b20-13+. The Morgan fingerprint density at radius 1 is 1.16 bits per heavy atom. The maximum Gasteiger partial charge on any atom is 0.354 e. The van der Waals surface area contributed by atoms with Gasteiger partial charge in [-0.25, -0.2) is 9.59 Å². The van der Waals surface area contributed by atoms with E-state index in [0.29, 0.717) is 36.5 Å². The van der Waals surface area contributed by atoms with Gasteiger partial charge in [-0.1, -0.05) is 19.1 Å². The van der Waals surface area contributed by atoms with Crippen molar-refractivity contribution in [1.82, 2.24) is 5.32 Å². The molecule has 1 aliphatic rings. The second-order valence-electron chi connectivity index (χ2n) is 8.47. The number of ether oxygens (including phenoxy) is 3. The molecule has 0 aliphatic carbocycles. The third-order valence-electron chi connectivity index (χ3n) is 5.68. The fourth-order valence-corrected chi connectivity index (χ4v) is 3.77. The minimum Gasteiger partial charge on any atom is -0.494 e. The molecule has 2 aromatic carbocycles. The third-order valence-corrected chi connectivity index (χ3v) is 5.68. The quantitative estimate of drug-likeness (QED) is 0.153. The molecule has 1 unspecified atom stereocenters. The van der Waals surface area contributed by atoms with Crippen LogP contribution in [0.1, 0.15) is 42.1 Å². The Hall–Kier alpha value is -4.42. The van der Waals surface area contributed by atoms with Gasteiger partial charge in [0.2, 0.25) is 0 Å². The monoisotopic (exact) mass is 502 g/mol. The predicted molar refractivity (Wildman–Crippen MR) is 135 cm³/mol. The van der Waals surface area contributed by atoms with Gasteiger partial charge < -0.3 is 23.9 Å². The number of hydrogen-bond acceptors (Lipinski definition) is 8. The molecule has 37 heavy (non-hydrogen) atoms. The molecule has 190 valence electrons. The number of nitriles is 1. The third kappa shape index (κ3) is 6.63. The summed E-state index contributed by atoms with van der Waals surface area (Å²) in [4.78, 5) is 37.5. The molecule has 1 fully saturated rings. The molecular formula is C28H26N2O7. The van der Waals surface area contributed by atoms with Gasteiger partial charge >= 0.3 is 11.6 Å². The van der Waals surface area contributed by atoms with Gasteiger partial charge in [0.15, 0.2) is 0 Å². The number of rotatable bonds is 9. The van der Waals surface area contributed by atoms with Crippen molar-refractivity contribution < 1.29 is 28.2 Å². The van der Waals surface area contributed by atoms with Crippen LogP contribution >= 0.6 is 0 Å². The zero-order valence-corrected chi connectivity index (χ0v) is 20.3. The summed E-state index contributed by atoms with van der Waals surface area (Å²) in [5.41, 5.74) is -0.383. The Morgan fingerprint density at radius 2 is 1.95 bits per heavy atom. The summed E-state index contributed by atoms with van der Waals surface area (Å²) < 4.78 is 21.6.